The molecule has 0 radical (unpaired) electrons. The van der Waals surface area contributed by atoms with Gasteiger partial charge in [0.05, 0.1) is 16.7 Å². The lowest BCUT2D eigenvalue weighted by Gasteiger charge is -2.39. The molecular weight excluding hydrogens is 609 g/mol. The van der Waals surface area contributed by atoms with Crippen molar-refractivity contribution in [2.45, 2.75) is 5.54 Å². The smallest absolute Gasteiger partial charge is 0.143 e. The van der Waals surface area contributed by atoms with Crippen molar-refractivity contribution in [2.75, 3.05) is 4.90 Å². The Kier molecular flexibility index (Phi) is 4.33. The van der Waals surface area contributed by atoms with Crippen LogP contribution in [-0.2, 0) is 5.54 Å². The standard InChI is InChI=1S/C47H26N2O/c1-5-18-37-30(14-1)35-26-36-33-17-4-8-22-41(33)50-46(36)43-34-24-23-27-11-9-21-40-42(27)44(34)47(37,45(35)43)49(40)29-13-10-12-28(25-29)48-38-19-6-2-15-31(38)32-16-3-7-20-39(32)48/h1-26H. The average Bonchev–Trinajstić information content (AvgIpc) is 3.94. The molecule has 0 bridgehead atoms. The predicted molar refractivity (Wildman–Crippen MR) is 205 cm³/mol. The fourth-order valence-corrected chi connectivity index (χ4v) is 10.1. The average molecular weight is 635 g/mol. The van der Waals surface area contributed by atoms with Crippen molar-refractivity contribution in [1.29, 1.82) is 0 Å². The molecule has 3 nitrogen and oxygen atoms in total. The van der Waals surface area contributed by atoms with E-state index >= 15 is 0 Å². The third kappa shape index (κ3) is 2.70. The molecule has 1 atom stereocenters. The van der Waals surface area contributed by atoms with Gasteiger partial charge in [0.25, 0.3) is 0 Å². The number of fused-ring (bicyclic) bond motifs is 10. The van der Waals surface area contributed by atoms with E-state index in [9.17, 15) is 0 Å². The van der Waals surface area contributed by atoms with Crippen LogP contribution < -0.4 is 4.90 Å². The summed E-state index contributed by atoms with van der Waals surface area (Å²) < 4.78 is 9.26. The highest BCUT2D eigenvalue weighted by atomic mass is 16.3. The quantitative estimate of drug-likeness (QED) is 0.189. The van der Waals surface area contributed by atoms with Gasteiger partial charge in [0, 0.05) is 55.0 Å². The number of aromatic nitrogens is 1. The Morgan fingerprint density at radius 2 is 1.20 bits per heavy atom. The molecule has 0 amide bonds. The maximum atomic E-state index is 6.83. The van der Waals surface area contributed by atoms with E-state index in [-0.39, 0.29) is 0 Å². The highest BCUT2D eigenvalue weighted by Crippen LogP contribution is 2.71. The third-order valence-electron chi connectivity index (χ3n) is 11.8. The van der Waals surface area contributed by atoms with Crippen LogP contribution in [0.25, 0.3) is 82.5 Å². The number of hydrogen-bond donors (Lipinski definition) is 0. The number of anilines is 2. The van der Waals surface area contributed by atoms with E-state index in [1.807, 2.05) is 0 Å². The van der Waals surface area contributed by atoms with Crippen LogP contribution in [0.1, 0.15) is 16.7 Å². The maximum Gasteiger partial charge on any atom is 0.143 e. The molecule has 3 heterocycles. The van der Waals surface area contributed by atoms with Gasteiger partial charge in [0.2, 0.25) is 0 Å². The van der Waals surface area contributed by atoms with E-state index in [0.29, 0.717) is 0 Å². The number of furan rings is 1. The van der Waals surface area contributed by atoms with E-state index in [0.717, 1.165) is 16.9 Å². The molecule has 13 rings (SSSR count). The van der Waals surface area contributed by atoms with Crippen molar-refractivity contribution in [3.8, 4) is 27.9 Å². The number of para-hydroxylation sites is 3. The summed E-state index contributed by atoms with van der Waals surface area (Å²) in [6, 6.07) is 58.2. The summed E-state index contributed by atoms with van der Waals surface area (Å²) in [5.41, 5.74) is 16.5. The number of nitrogens with zero attached hydrogens (tertiary/aromatic N) is 2. The summed E-state index contributed by atoms with van der Waals surface area (Å²) in [4.78, 5) is 2.65. The summed E-state index contributed by atoms with van der Waals surface area (Å²) in [6.45, 7) is 0. The first-order valence-corrected chi connectivity index (χ1v) is 17.4. The summed E-state index contributed by atoms with van der Waals surface area (Å²) in [5.74, 6) is 0. The minimum Gasteiger partial charge on any atom is -0.455 e. The molecule has 230 valence electrons. The molecule has 3 aliphatic rings. The highest BCUT2D eigenvalue weighted by molar-refractivity contribution is 6.22. The SMILES string of the molecule is c1cc(N2c3cccc4ccc5c(c34)C23c2ccccc2-c2cc4c(oc6ccccc64)c-5c23)cc(-n2c3ccccc3c3ccccc32)c1. The Labute approximate surface area is 286 Å². The second-order valence-electron chi connectivity index (χ2n) is 14.0. The first kappa shape index (κ1) is 25.4. The van der Waals surface area contributed by atoms with Crippen LogP contribution in [0.15, 0.2) is 162 Å². The largest absolute Gasteiger partial charge is 0.455 e. The molecule has 2 aliphatic carbocycles. The fraction of sp³-hybridized carbons (Fsp3) is 0.0213. The van der Waals surface area contributed by atoms with Crippen molar-refractivity contribution >= 4 is 65.9 Å². The molecule has 0 N–H and O–H groups in total. The first-order chi connectivity index (χ1) is 24.8. The Balaban J connectivity index is 1.18. The van der Waals surface area contributed by atoms with E-state index in [1.54, 1.807) is 0 Å². The summed E-state index contributed by atoms with van der Waals surface area (Å²) in [7, 11) is 0. The minimum atomic E-state index is -0.535. The zero-order chi connectivity index (χ0) is 32.3. The van der Waals surface area contributed by atoms with Gasteiger partial charge in [-0.2, -0.15) is 0 Å². The molecule has 8 aromatic carbocycles. The lowest BCUT2D eigenvalue weighted by Crippen LogP contribution is -2.39. The summed E-state index contributed by atoms with van der Waals surface area (Å²) in [6.07, 6.45) is 0. The molecule has 1 unspecified atom stereocenters. The van der Waals surface area contributed by atoms with Crippen LogP contribution in [0.4, 0.5) is 11.4 Å². The molecule has 2 aromatic heterocycles. The predicted octanol–water partition coefficient (Wildman–Crippen LogP) is 12.2. The molecule has 1 aliphatic heterocycles. The van der Waals surface area contributed by atoms with Gasteiger partial charge >= 0.3 is 0 Å². The van der Waals surface area contributed by atoms with Gasteiger partial charge in [0.1, 0.15) is 16.7 Å². The molecule has 0 saturated heterocycles. The molecule has 1 spiro atoms. The van der Waals surface area contributed by atoms with Gasteiger partial charge in [-0.05, 0) is 76.2 Å². The molecule has 50 heavy (non-hydrogen) atoms. The van der Waals surface area contributed by atoms with Crippen molar-refractivity contribution in [1.82, 2.24) is 4.57 Å². The number of benzene rings is 8. The Morgan fingerprint density at radius 3 is 2.06 bits per heavy atom. The summed E-state index contributed by atoms with van der Waals surface area (Å²) >= 11 is 0. The topological polar surface area (TPSA) is 21.3 Å². The number of hydrogen-bond acceptors (Lipinski definition) is 2. The van der Waals surface area contributed by atoms with E-state index in [4.69, 9.17) is 4.42 Å². The van der Waals surface area contributed by atoms with E-state index < -0.39 is 5.54 Å². The van der Waals surface area contributed by atoms with Gasteiger partial charge in [0.15, 0.2) is 0 Å². The van der Waals surface area contributed by atoms with Gasteiger partial charge < -0.3 is 13.9 Å². The first-order valence-electron chi connectivity index (χ1n) is 17.4. The van der Waals surface area contributed by atoms with E-state index in [1.165, 1.54) is 93.7 Å². The van der Waals surface area contributed by atoms with Gasteiger partial charge in [-0.25, -0.2) is 0 Å². The zero-order valence-electron chi connectivity index (χ0n) is 26.8. The van der Waals surface area contributed by atoms with Crippen LogP contribution in [0.3, 0.4) is 0 Å². The van der Waals surface area contributed by atoms with Gasteiger partial charge in [-0.1, -0.05) is 109 Å². The van der Waals surface area contributed by atoms with E-state index in [2.05, 4.69) is 167 Å². The van der Waals surface area contributed by atoms with Crippen molar-refractivity contribution in [3.05, 3.63) is 174 Å². The lowest BCUT2D eigenvalue weighted by molar-refractivity contribution is 0.665. The monoisotopic (exact) mass is 634 g/mol. The normalized spacial score (nSPS) is 16.4. The molecule has 0 saturated carbocycles. The van der Waals surface area contributed by atoms with Crippen LogP contribution in [0.5, 0.6) is 0 Å². The zero-order valence-corrected chi connectivity index (χ0v) is 26.8. The van der Waals surface area contributed by atoms with Gasteiger partial charge in [-0.3, -0.25) is 0 Å². The van der Waals surface area contributed by atoms with Crippen molar-refractivity contribution in [3.63, 3.8) is 0 Å². The van der Waals surface area contributed by atoms with Gasteiger partial charge in [-0.15, -0.1) is 0 Å². The maximum absolute atomic E-state index is 6.83. The Hall–Kier alpha value is -6.58. The second kappa shape index (κ2) is 8.52. The molecular formula is C47H26N2O. The molecule has 0 fully saturated rings. The Bertz CT molecular complexity index is 3130. The second-order valence-corrected chi connectivity index (χ2v) is 14.0. The minimum absolute atomic E-state index is 0.535. The van der Waals surface area contributed by atoms with Crippen LogP contribution in [0, 0.1) is 0 Å². The molecule has 3 heteroatoms. The lowest BCUT2D eigenvalue weighted by atomic mass is 9.83. The fourth-order valence-electron chi connectivity index (χ4n) is 10.1. The van der Waals surface area contributed by atoms with Crippen LogP contribution >= 0.6 is 0 Å². The number of rotatable bonds is 2. The van der Waals surface area contributed by atoms with Crippen molar-refractivity contribution in [2.24, 2.45) is 0 Å². The van der Waals surface area contributed by atoms with Crippen molar-refractivity contribution < 1.29 is 4.42 Å². The highest BCUT2D eigenvalue weighted by Gasteiger charge is 2.60. The van der Waals surface area contributed by atoms with Crippen LogP contribution in [-0.4, -0.2) is 4.57 Å². The third-order valence-corrected chi connectivity index (χ3v) is 11.8. The molecule has 10 aromatic rings. The summed E-state index contributed by atoms with van der Waals surface area (Å²) in [5, 5.41) is 7.48. The van der Waals surface area contributed by atoms with Crippen LogP contribution in [0.2, 0.25) is 0 Å². The Morgan fingerprint density at radius 1 is 0.480 bits per heavy atom.